The summed E-state index contributed by atoms with van der Waals surface area (Å²) < 4.78 is 10.8. The number of hydrogen-bond donors (Lipinski definition) is 1. The first-order valence-electron chi connectivity index (χ1n) is 7.70. The van der Waals surface area contributed by atoms with Gasteiger partial charge in [-0.1, -0.05) is 25.5 Å². The Bertz CT molecular complexity index is 417. The van der Waals surface area contributed by atoms with Crippen LogP contribution in [0.5, 0.6) is 5.75 Å². The van der Waals surface area contributed by atoms with Gasteiger partial charge in [-0.2, -0.15) is 0 Å². The predicted molar refractivity (Wildman–Crippen MR) is 84.6 cm³/mol. The number of benzene rings is 1. The van der Waals surface area contributed by atoms with Gasteiger partial charge in [0.2, 0.25) is 0 Å². The van der Waals surface area contributed by atoms with Gasteiger partial charge in [-0.3, -0.25) is 0 Å². The van der Waals surface area contributed by atoms with Crippen molar-refractivity contribution in [1.82, 2.24) is 5.32 Å². The standard InChI is InChI=1S/C17H27NO3/c1-5-7-16(17(19)20-6-2)21-15-10-8-14(9-11-15)12-13(3)18-4/h8-11,13,16,18H,5-7,12H2,1-4H3. The number of esters is 1. The molecule has 118 valence electrons. The molecule has 0 aliphatic rings. The van der Waals surface area contributed by atoms with Crippen molar-refractivity contribution in [2.24, 2.45) is 0 Å². The van der Waals surface area contributed by atoms with Crippen LogP contribution in [0.25, 0.3) is 0 Å². The Kier molecular flexibility index (Phi) is 7.83. The van der Waals surface area contributed by atoms with Crippen LogP contribution in [0.1, 0.15) is 39.2 Å². The Morgan fingerprint density at radius 2 is 1.90 bits per heavy atom. The number of nitrogens with one attached hydrogen (secondary N) is 1. The SMILES string of the molecule is CCCC(Oc1ccc(CC(C)NC)cc1)C(=O)OCC. The maximum absolute atomic E-state index is 11.8. The third-order valence-corrected chi connectivity index (χ3v) is 3.34. The molecule has 0 fully saturated rings. The van der Waals surface area contributed by atoms with E-state index >= 15 is 0 Å². The Morgan fingerprint density at radius 1 is 1.24 bits per heavy atom. The third kappa shape index (κ3) is 6.17. The zero-order valence-corrected chi connectivity index (χ0v) is 13.5. The molecule has 4 heteroatoms. The van der Waals surface area contributed by atoms with E-state index in [2.05, 4.69) is 12.2 Å². The smallest absolute Gasteiger partial charge is 0.347 e. The van der Waals surface area contributed by atoms with Crippen LogP contribution in [-0.2, 0) is 16.0 Å². The lowest BCUT2D eigenvalue weighted by Crippen LogP contribution is -2.29. The quantitative estimate of drug-likeness (QED) is 0.711. The van der Waals surface area contributed by atoms with E-state index in [1.165, 1.54) is 5.56 Å². The molecule has 0 aromatic heterocycles. The molecular weight excluding hydrogens is 266 g/mol. The number of hydrogen-bond acceptors (Lipinski definition) is 4. The van der Waals surface area contributed by atoms with Crippen LogP contribution in [0.4, 0.5) is 0 Å². The molecule has 0 saturated heterocycles. The summed E-state index contributed by atoms with van der Waals surface area (Å²) in [7, 11) is 1.96. The van der Waals surface area contributed by atoms with Crippen molar-refractivity contribution in [3.63, 3.8) is 0 Å². The lowest BCUT2D eigenvalue weighted by atomic mass is 10.1. The van der Waals surface area contributed by atoms with Gasteiger partial charge in [0.1, 0.15) is 5.75 Å². The first-order chi connectivity index (χ1) is 10.1. The van der Waals surface area contributed by atoms with Gasteiger partial charge in [-0.25, -0.2) is 4.79 Å². The van der Waals surface area contributed by atoms with Crippen molar-refractivity contribution in [2.45, 2.75) is 52.2 Å². The predicted octanol–water partition coefficient (Wildman–Crippen LogP) is 2.95. The van der Waals surface area contributed by atoms with E-state index in [9.17, 15) is 4.79 Å². The fourth-order valence-corrected chi connectivity index (χ4v) is 2.05. The molecule has 4 nitrogen and oxygen atoms in total. The summed E-state index contributed by atoms with van der Waals surface area (Å²) in [6.45, 7) is 6.35. The van der Waals surface area contributed by atoms with Gasteiger partial charge in [-0.05, 0) is 51.4 Å². The molecule has 0 spiro atoms. The second-order valence-electron chi connectivity index (χ2n) is 5.19. The maximum Gasteiger partial charge on any atom is 0.347 e. The molecule has 1 N–H and O–H groups in total. The van der Waals surface area contributed by atoms with Gasteiger partial charge in [0.15, 0.2) is 6.10 Å². The van der Waals surface area contributed by atoms with E-state index in [1.54, 1.807) is 6.92 Å². The van der Waals surface area contributed by atoms with Crippen LogP contribution in [0, 0.1) is 0 Å². The minimum atomic E-state index is -0.517. The Morgan fingerprint density at radius 3 is 2.43 bits per heavy atom. The summed E-state index contributed by atoms with van der Waals surface area (Å²) in [6, 6.07) is 8.34. The largest absolute Gasteiger partial charge is 0.479 e. The van der Waals surface area contributed by atoms with Crippen LogP contribution < -0.4 is 10.1 Å². The minimum Gasteiger partial charge on any atom is -0.479 e. The van der Waals surface area contributed by atoms with Crippen molar-refractivity contribution in [3.05, 3.63) is 29.8 Å². The molecule has 0 heterocycles. The second kappa shape index (κ2) is 9.40. The lowest BCUT2D eigenvalue weighted by molar-refractivity contribution is -0.151. The van der Waals surface area contributed by atoms with Gasteiger partial charge < -0.3 is 14.8 Å². The zero-order chi connectivity index (χ0) is 15.7. The van der Waals surface area contributed by atoms with E-state index in [-0.39, 0.29) is 5.97 Å². The van der Waals surface area contributed by atoms with Crippen molar-refractivity contribution in [3.8, 4) is 5.75 Å². The molecule has 0 aliphatic heterocycles. The first-order valence-corrected chi connectivity index (χ1v) is 7.70. The highest BCUT2D eigenvalue weighted by Gasteiger charge is 2.20. The van der Waals surface area contributed by atoms with Gasteiger partial charge in [0, 0.05) is 6.04 Å². The average Bonchev–Trinajstić information content (AvgIpc) is 2.48. The molecule has 21 heavy (non-hydrogen) atoms. The molecule has 2 atom stereocenters. The summed E-state index contributed by atoms with van der Waals surface area (Å²) in [5.74, 6) is 0.426. The van der Waals surface area contributed by atoms with Gasteiger partial charge in [0.05, 0.1) is 6.61 Å². The van der Waals surface area contributed by atoms with E-state index in [0.717, 1.165) is 12.8 Å². The van der Waals surface area contributed by atoms with E-state index in [1.807, 2.05) is 38.2 Å². The highest BCUT2D eigenvalue weighted by molar-refractivity contribution is 5.75. The second-order valence-corrected chi connectivity index (χ2v) is 5.19. The van der Waals surface area contributed by atoms with Crippen LogP contribution in [0.3, 0.4) is 0 Å². The monoisotopic (exact) mass is 293 g/mol. The highest BCUT2D eigenvalue weighted by atomic mass is 16.6. The molecule has 2 unspecified atom stereocenters. The highest BCUT2D eigenvalue weighted by Crippen LogP contribution is 2.17. The fraction of sp³-hybridized carbons (Fsp3) is 0.588. The van der Waals surface area contributed by atoms with Crippen molar-refractivity contribution >= 4 is 5.97 Å². The summed E-state index contributed by atoms with van der Waals surface area (Å²) >= 11 is 0. The molecular formula is C17H27NO3. The molecule has 0 bridgehead atoms. The molecule has 0 saturated carbocycles. The third-order valence-electron chi connectivity index (χ3n) is 3.34. The number of rotatable bonds is 9. The van der Waals surface area contributed by atoms with Gasteiger partial charge in [-0.15, -0.1) is 0 Å². The number of carbonyl (C=O) groups is 1. The summed E-state index contributed by atoms with van der Waals surface area (Å²) in [5, 5.41) is 3.21. The van der Waals surface area contributed by atoms with Crippen LogP contribution >= 0.6 is 0 Å². The van der Waals surface area contributed by atoms with Crippen molar-refractivity contribution < 1.29 is 14.3 Å². The van der Waals surface area contributed by atoms with Crippen LogP contribution in [0.2, 0.25) is 0 Å². The lowest BCUT2D eigenvalue weighted by Gasteiger charge is -2.17. The molecule has 1 aromatic carbocycles. The number of likely N-dealkylation sites (N-methyl/N-ethyl adjacent to an activating group) is 1. The number of carbonyl (C=O) groups excluding carboxylic acids is 1. The molecule has 1 aromatic rings. The molecule has 1 rings (SSSR count). The van der Waals surface area contributed by atoms with Crippen molar-refractivity contribution in [1.29, 1.82) is 0 Å². The normalized spacial score (nSPS) is 13.5. The van der Waals surface area contributed by atoms with Crippen molar-refractivity contribution in [2.75, 3.05) is 13.7 Å². The minimum absolute atomic E-state index is 0.285. The zero-order valence-electron chi connectivity index (χ0n) is 13.5. The van der Waals surface area contributed by atoms with Crippen LogP contribution in [0.15, 0.2) is 24.3 Å². The topological polar surface area (TPSA) is 47.6 Å². The summed E-state index contributed by atoms with van der Waals surface area (Å²) in [6.07, 6.45) is 1.99. The number of ether oxygens (including phenoxy) is 2. The average molecular weight is 293 g/mol. The summed E-state index contributed by atoms with van der Waals surface area (Å²) in [5.41, 5.74) is 1.24. The van der Waals surface area contributed by atoms with E-state index in [4.69, 9.17) is 9.47 Å². The Labute approximate surface area is 127 Å². The van der Waals surface area contributed by atoms with Crippen LogP contribution in [-0.4, -0.2) is 31.8 Å². The maximum atomic E-state index is 11.8. The first kappa shape index (κ1) is 17.5. The molecule has 0 radical (unpaired) electrons. The molecule has 0 aliphatic carbocycles. The van der Waals surface area contributed by atoms with E-state index < -0.39 is 6.10 Å². The Hall–Kier alpha value is -1.55. The van der Waals surface area contributed by atoms with Gasteiger partial charge in [0.25, 0.3) is 0 Å². The van der Waals surface area contributed by atoms with Gasteiger partial charge >= 0.3 is 5.97 Å². The van der Waals surface area contributed by atoms with E-state index in [0.29, 0.717) is 24.8 Å². The summed E-state index contributed by atoms with van der Waals surface area (Å²) in [4.78, 5) is 11.8. The Balaban J connectivity index is 2.65. The molecule has 0 amide bonds. The fourth-order valence-electron chi connectivity index (χ4n) is 2.05.